The number of para-hydroxylation sites is 1. The Bertz CT molecular complexity index is 348. The topological polar surface area (TPSA) is 15.3 Å². The minimum Gasteiger partial charge on any atom is -0.373 e. The van der Waals surface area contributed by atoms with E-state index in [1.165, 1.54) is 24.2 Å². The van der Waals surface area contributed by atoms with Crippen LogP contribution in [0.4, 0.5) is 5.69 Å². The summed E-state index contributed by atoms with van der Waals surface area (Å²) >= 11 is 0. The summed E-state index contributed by atoms with van der Waals surface area (Å²) in [5.74, 6) is 0.798. The summed E-state index contributed by atoms with van der Waals surface area (Å²) in [4.78, 5) is 2.37. The van der Waals surface area contributed by atoms with Crippen LogP contribution in [-0.4, -0.2) is 26.2 Å². The number of hydrogen-bond donors (Lipinski definition) is 1. The summed E-state index contributed by atoms with van der Waals surface area (Å²) in [6, 6.07) is 9.24. The van der Waals surface area contributed by atoms with E-state index >= 15 is 0 Å². The van der Waals surface area contributed by atoms with Gasteiger partial charge in [-0.1, -0.05) is 25.1 Å². The maximum atomic E-state index is 3.58. The Morgan fingerprint density at radius 1 is 1.38 bits per heavy atom. The lowest BCUT2D eigenvalue weighted by Gasteiger charge is -2.26. The average Bonchev–Trinajstić information content (AvgIpc) is 2.65. The molecule has 1 heterocycles. The lowest BCUT2D eigenvalue weighted by atomic mass is 10.0. The second-order valence-corrected chi connectivity index (χ2v) is 4.99. The standard InChI is InChI=1S/C14H22N2/c1-11-8-9-15-13(11)10-16(3)14-7-5-4-6-12(14)2/h4-7,11,13,15H,8-10H2,1-3H3. The van der Waals surface area contributed by atoms with Gasteiger partial charge in [0, 0.05) is 25.3 Å². The highest BCUT2D eigenvalue weighted by molar-refractivity contribution is 5.52. The summed E-state index contributed by atoms with van der Waals surface area (Å²) in [7, 11) is 2.19. The number of nitrogens with zero attached hydrogens (tertiary/aromatic N) is 1. The van der Waals surface area contributed by atoms with Crippen molar-refractivity contribution in [1.29, 1.82) is 0 Å². The van der Waals surface area contributed by atoms with E-state index in [4.69, 9.17) is 0 Å². The van der Waals surface area contributed by atoms with Crippen LogP contribution in [0.1, 0.15) is 18.9 Å². The van der Waals surface area contributed by atoms with Crippen molar-refractivity contribution in [2.45, 2.75) is 26.3 Å². The molecule has 16 heavy (non-hydrogen) atoms. The predicted molar refractivity (Wildman–Crippen MR) is 70.0 cm³/mol. The van der Waals surface area contributed by atoms with Crippen molar-refractivity contribution in [1.82, 2.24) is 5.32 Å². The predicted octanol–water partition coefficient (Wildman–Crippen LogP) is 2.43. The van der Waals surface area contributed by atoms with Gasteiger partial charge in [-0.2, -0.15) is 0 Å². The molecule has 88 valence electrons. The van der Waals surface area contributed by atoms with Crippen molar-refractivity contribution in [2.75, 3.05) is 25.0 Å². The highest BCUT2D eigenvalue weighted by atomic mass is 15.1. The van der Waals surface area contributed by atoms with Gasteiger partial charge in [-0.3, -0.25) is 0 Å². The Morgan fingerprint density at radius 3 is 2.75 bits per heavy atom. The molecule has 0 spiro atoms. The first-order valence-corrected chi connectivity index (χ1v) is 6.18. The lowest BCUT2D eigenvalue weighted by Crippen LogP contribution is -2.38. The molecule has 0 aliphatic carbocycles. The summed E-state index contributed by atoms with van der Waals surface area (Å²) in [5, 5.41) is 3.58. The number of rotatable bonds is 3. The van der Waals surface area contributed by atoms with Crippen molar-refractivity contribution in [3.05, 3.63) is 29.8 Å². The molecular formula is C14H22N2. The first kappa shape index (κ1) is 11.5. The van der Waals surface area contributed by atoms with Crippen LogP contribution in [0, 0.1) is 12.8 Å². The Balaban J connectivity index is 2.03. The first-order chi connectivity index (χ1) is 7.68. The molecule has 1 aliphatic heterocycles. The molecule has 0 aromatic heterocycles. The fraction of sp³-hybridized carbons (Fsp3) is 0.571. The van der Waals surface area contributed by atoms with Gasteiger partial charge in [-0.05, 0) is 37.4 Å². The van der Waals surface area contributed by atoms with Gasteiger partial charge in [0.05, 0.1) is 0 Å². The van der Waals surface area contributed by atoms with E-state index in [1.807, 2.05) is 0 Å². The molecule has 0 amide bonds. The molecule has 1 N–H and O–H groups in total. The van der Waals surface area contributed by atoms with Gasteiger partial charge in [0.2, 0.25) is 0 Å². The Morgan fingerprint density at radius 2 is 2.12 bits per heavy atom. The fourth-order valence-corrected chi connectivity index (χ4v) is 2.53. The molecule has 2 rings (SSSR count). The molecule has 1 aliphatic rings. The minimum absolute atomic E-state index is 0.643. The number of aryl methyl sites for hydroxylation is 1. The zero-order valence-electron chi connectivity index (χ0n) is 10.5. The third-order valence-electron chi connectivity index (χ3n) is 3.69. The van der Waals surface area contributed by atoms with Crippen molar-refractivity contribution >= 4 is 5.69 Å². The monoisotopic (exact) mass is 218 g/mol. The smallest absolute Gasteiger partial charge is 0.0393 e. The Kier molecular flexibility index (Phi) is 3.49. The quantitative estimate of drug-likeness (QED) is 0.838. The van der Waals surface area contributed by atoms with E-state index in [2.05, 4.69) is 55.4 Å². The average molecular weight is 218 g/mol. The molecule has 2 atom stereocenters. The van der Waals surface area contributed by atoms with E-state index in [0.717, 1.165) is 12.5 Å². The fourth-order valence-electron chi connectivity index (χ4n) is 2.53. The zero-order valence-corrected chi connectivity index (χ0v) is 10.5. The zero-order chi connectivity index (χ0) is 11.5. The largest absolute Gasteiger partial charge is 0.373 e. The molecule has 2 unspecified atom stereocenters. The lowest BCUT2D eigenvalue weighted by molar-refractivity contribution is 0.483. The summed E-state index contributed by atoms with van der Waals surface area (Å²) in [6.45, 7) is 6.80. The number of likely N-dealkylation sites (N-methyl/N-ethyl adjacent to an activating group) is 1. The van der Waals surface area contributed by atoms with Gasteiger partial charge in [0.1, 0.15) is 0 Å². The van der Waals surface area contributed by atoms with E-state index in [9.17, 15) is 0 Å². The summed E-state index contributed by atoms with van der Waals surface area (Å²) < 4.78 is 0. The maximum Gasteiger partial charge on any atom is 0.0393 e. The molecule has 0 saturated carbocycles. The van der Waals surface area contributed by atoms with Crippen LogP contribution in [0.25, 0.3) is 0 Å². The van der Waals surface area contributed by atoms with Crippen LogP contribution in [0.3, 0.4) is 0 Å². The molecule has 0 bridgehead atoms. The third kappa shape index (κ3) is 2.38. The van der Waals surface area contributed by atoms with Gasteiger partial charge < -0.3 is 10.2 Å². The molecule has 2 heteroatoms. The van der Waals surface area contributed by atoms with E-state index in [-0.39, 0.29) is 0 Å². The van der Waals surface area contributed by atoms with Gasteiger partial charge in [-0.15, -0.1) is 0 Å². The SMILES string of the molecule is Cc1ccccc1N(C)CC1NCCC1C. The number of benzene rings is 1. The minimum atomic E-state index is 0.643. The molecule has 2 nitrogen and oxygen atoms in total. The highest BCUT2D eigenvalue weighted by Crippen LogP contribution is 2.21. The van der Waals surface area contributed by atoms with E-state index < -0.39 is 0 Å². The van der Waals surface area contributed by atoms with E-state index in [1.54, 1.807) is 0 Å². The Labute approximate surface area is 98.7 Å². The number of anilines is 1. The van der Waals surface area contributed by atoms with Crippen molar-refractivity contribution < 1.29 is 0 Å². The van der Waals surface area contributed by atoms with Crippen molar-refractivity contribution in [2.24, 2.45) is 5.92 Å². The van der Waals surface area contributed by atoms with Crippen LogP contribution in [0.5, 0.6) is 0 Å². The molecule has 1 aromatic carbocycles. The maximum absolute atomic E-state index is 3.58. The second-order valence-electron chi connectivity index (χ2n) is 4.99. The molecular weight excluding hydrogens is 196 g/mol. The van der Waals surface area contributed by atoms with Gasteiger partial charge >= 0.3 is 0 Å². The van der Waals surface area contributed by atoms with Crippen molar-refractivity contribution in [3.8, 4) is 0 Å². The van der Waals surface area contributed by atoms with Gasteiger partial charge in [-0.25, -0.2) is 0 Å². The molecule has 1 fully saturated rings. The Hall–Kier alpha value is -1.02. The molecule has 1 saturated heterocycles. The summed E-state index contributed by atoms with van der Waals surface area (Å²) in [6.07, 6.45) is 1.31. The highest BCUT2D eigenvalue weighted by Gasteiger charge is 2.23. The van der Waals surface area contributed by atoms with Crippen LogP contribution in [0.2, 0.25) is 0 Å². The normalized spacial score (nSPS) is 24.7. The number of nitrogens with one attached hydrogen (secondary N) is 1. The van der Waals surface area contributed by atoms with Gasteiger partial charge in [0.15, 0.2) is 0 Å². The van der Waals surface area contributed by atoms with Crippen LogP contribution in [-0.2, 0) is 0 Å². The van der Waals surface area contributed by atoms with Crippen LogP contribution >= 0.6 is 0 Å². The first-order valence-electron chi connectivity index (χ1n) is 6.18. The molecule has 0 radical (unpaired) electrons. The van der Waals surface area contributed by atoms with Crippen LogP contribution in [0.15, 0.2) is 24.3 Å². The van der Waals surface area contributed by atoms with Gasteiger partial charge in [0.25, 0.3) is 0 Å². The second kappa shape index (κ2) is 4.88. The third-order valence-corrected chi connectivity index (χ3v) is 3.69. The van der Waals surface area contributed by atoms with Crippen molar-refractivity contribution in [3.63, 3.8) is 0 Å². The number of hydrogen-bond acceptors (Lipinski definition) is 2. The summed E-state index contributed by atoms with van der Waals surface area (Å²) in [5.41, 5.74) is 2.71. The van der Waals surface area contributed by atoms with Crippen LogP contribution < -0.4 is 10.2 Å². The van der Waals surface area contributed by atoms with E-state index in [0.29, 0.717) is 6.04 Å². The molecule has 1 aromatic rings.